The van der Waals surface area contributed by atoms with E-state index in [0.717, 1.165) is 43.2 Å². The van der Waals surface area contributed by atoms with Gasteiger partial charge >= 0.3 is 12.1 Å². The normalized spacial score (nSPS) is 17.0. The fourth-order valence-corrected chi connectivity index (χ4v) is 3.23. The SMILES string of the molecule is CC(C)N1CCOC(Cn2cc(-c3cnn(-c4ccccn4)c3)cn2)C1.O=C(O)C(F)(F)F. The maximum absolute atomic E-state index is 10.6. The number of carbonyl (C=O) groups is 1. The summed E-state index contributed by atoms with van der Waals surface area (Å²) in [5.41, 5.74) is 2.07. The van der Waals surface area contributed by atoms with Crippen LogP contribution in [-0.4, -0.2) is 78.5 Å². The Morgan fingerprint density at radius 3 is 2.55 bits per heavy atom. The van der Waals surface area contributed by atoms with E-state index in [2.05, 4.69) is 40.1 Å². The summed E-state index contributed by atoms with van der Waals surface area (Å²) in [6.07, 6.45) is 4.60. The zero-order chi connectivity index (χ0) is 24.0. The van der Waals surface area contributed by atoms with Crippen LogP contribution in [0.4, 0.5) is 13.2 Å². The fourth-order valence-electron chi connectivity index (χ4n) is 3.23. The molecular weight excluding hydrogens is 441 g/mol. The summed E-state index contributed by atoms with van der Waals surface area (Å²) >= 11 is 0. The second kappa shape index (κ2) is 10.6. The molecule has 0 aromatic carbocycles. The molecule has 1 unspecified atom stereocenters. The van der Waals surface area contributed by atoms with Crippen LogP contribution in [0.25, 0.3) is 16.9 Å². The van der Waals surface area contributed by atoms with Gasteiger partial charge < -0.3 is 9.84 Å². The van der Waals surface area contributed by atoms with Crippen LogP contribution in [0.3, 0.4) is 0 Å². The summed E-state index contributed by atoms with van der Waals surface area (Å²) in [6.45, 7) is 7.96. The fraction of sp³-hybridized carbons (Fsp3) is 0.429. The van der Waals surface area contributed by atoms with Gasteiger partial charge in [-0.05, 0) is 26.0 Å². The van der Waals surface area contributed by atoms with Gasteiger partial charge in [0.15, 0.2) is 5.82 Å². The van der Waals surface area contributed by atoms with E-state index in [1.165, 1.54) is 0 Å². The summed E-state index contributed by atoms with van der Waals surface area (Å²) in [6, 6.07) is 6.33. The number of pyridine rings is 1. The van der Waals surface area contributed by atoms with Crippen molar-refractivity contribution in [3.63, 3.8) is 0 Å². The number of carboxylic acids is 1. The number of hydrogen-bond acceptors (Lipinski definition) is 6. The molecule has 12 heteroatoms. The van der Waals surface area contributed by atoms with E-state index in [1.807, 2.05) is 41.5 Å². The van der Waals surface area contributed by atoms with Crippen molar-refractivity contribution in [3.8, 4) is 16.9 Å². The zero-order valence-corrected chi connectivity index (χ0v) is 18.2. The highest BCUT2D eigenvalue weighted by molar-refractivity contribution is 5.73. The molecule has 3 aromatic rings. The molecule has 1 aliphatic rings. The van der Waals surface area contributed by atoms with Gasteiger partial charge in [-0.3, -0.25) is 9.58 Å². The molecule has 1 atom stereocenters. The van der Waals surface area contributed by atoms with Gasteiger partial charge in [-0.15, -0.1) is 0 Å². The second-order valence-corrected chi connectivity index (χ2v) is 7.70. The molecular formula is C21H25F3N6O3. The summed E-state index contributed by atoms with van der Waals surface area (Å²) in [5, 5.41) is 16.0. The van der Waals surface area contributed by atoms with Crippen LogP contribution in [0.2, 0.25) is 0 Å². The van der Waals surface area contributed by atoms with Crippen LogP contribution in [-0.2, 0) is 16.1 Å². The van der Waals surface area contributed by atoms with Gasteiger partial charge in [-0.25, -0.2) is 14.5 Å². The quantitative estimate of drug-likeness (QED) is 0.617. The molecule has 0 radical (unpaired) electrons. The summed E-state index contributed by atoms with van der Waals surface area (Å²) in [5.74, 6) is -1.96. The number of morpholine rings is 1. The molecule has 1 aliphatic heterocycles. The van der Waals surface area contributed by atoms with Crippen LogP contribution >= 0.6 is 0 Å². The molecule has 0 bridgehead atoms. The van der Waals surface area contributed by atoms with E-state index in [9.17, 15) is 13.2 Å². The van der Waals surface area contributed by atoms with Crippen molar-refractivity contribution in [2.24, 2.45) is 0 Å². The average molecular weight is 466 g/mol. The number of aromatic nitrogens is 5. The zero-order valence-electron chi connectivity index (χ0n) is 18.2. The van der Waals surface area contributed by atoms with Crippen LogP contribution < -0.4 is 0 Å². The molecule has 3 aromatic heterocycles. The standard InChI is InChI=1S/C19H24N6O.C2HF3O2/c1-15(2)23-7-8-26-18(13-23)14-24-11-16(9-21-24)17-10-22-25(12-17)19-5-3-4-6-20-19;3-2(4,5)1(6)7/h3-6,9-12,15,18H,7-8,13-14H2,1-2H3;(H,6,7). The molecule has 9 nitrogen and oxygen atoms in total. The Kier molecular flexibility index (Phi) is 7.82. The Bertz CT molecular complexity index is 1040. The van der Waals surface area contributed by atoms with Crippen LogP contribution in [0.1, 0.15) is 13.8 Å². The first-order valence-electron chi connectivity index (χ1n) is 10.3. The molecule has 0 amide bonds. The Hall–Kier alpha value is -3.25. The Balaban J connectivity index is 0.000000383. The van der Waals surface area contributed by atoms with Gasteiger partial charge in [0, 0.05) is 48.8 Å². The largest absolute Gasteiger partial charge is 0.490 e. The molecule has 1 fully saturated rings. The lowest BCUT2D eigenvalue weighted by atomic mass is 10.2. The number of halogens is 3. The first-order valence-corrected chi connectivity index (χ1v) is 10.3. The summed E-state index contributed by atoms with van der Waals surface area (Å²) < 4.78 is 41.4. The lowest BCUT2D eigenvalue weighted by Gasteiger charge is -2.35. The highest BCUT2D eigenvalue weighted by Crippen LogP contribution is 2.20. The molecule has 0 saturated carbocycles. The van der Waals surface area contributed by atoms with Crippen LogP contribution in [0.5, 0.6) is 0 Å². The van der Waals surface area contributed by atoms with E-state index in [4.69, 9.17) is 14.6 Å². The number of carboxylic acid groups (broad SMARTS) is 1. The van der Waals surface area contributed by atoms with Crippen molar-refractivity contribution < 1.29 is 27.8 Å². The van der Waals surface area contributed by atoms with Crippen LogP contribution in [0.15, 0.2) is 49.2 Å². The molecule has 4 rings (SSSR count). The van der Waals surface area contributed by atoms with E-state index >= 15 is 0 Å². The third-order valence-electron chi connectivity index (χ3n) is 4.97. The van der Waals surface area contributed by atoms with E-state index in [1.54, 1.807) is 10.9 Å². The predicted molar refractivity (Wildman–Crippen MR) is 113 cm³/mol. The molecule has 1 saturated heterocycles. The first-order chi connectivity index (χ1) is 15.6. The number of ether oxygens (including phenoxy) is 1. The highest BCUT2D eigenvalue weighted by atomic mass is 19.4. The molecule has 33 heavy (non-hydrogen) atoms. The van der Waals surface area contributed by atoms with Crippen molar-refractivity contribution in [1.29, 1.82) is 0 Å². The second-order valence-electron chi connectivity index (χ2n) is 7.70. The predicted octanol–water partition coefficient (Wildman–Crippen LogP) is 2.87. The van der Waals surface area contributed by atoms with E-state index in [0.29, 0.717) is 6.04 Å². The number of aliphatic carboxylic acids is 1. The van der Waals surface area contributed by atoms with Gasteiger partial charge in [0.25, 0.3) is 0 Å². The van der Waals surface area contributed by atoms with Gasteiger partial charge in [0.1, 0.15) is 0 Å². The summed E-state index contributed by atoms with van der Waals surface area (Å²) in [7, 11) is 0. The Morgan fingerprint density at radius 2 is 1.91 bits per heavy atom. The lowest BCUT2D eigenvalue weighted by Crippen LogP contribution is -2.47. The Labute approximate surface area is 188 Å². The van der Waals surface area contributed by atoms with Crippen LogP contribution in [0, 0.1) is 0 Å². The van der Waals surface area contributed by atoms with Gasteiger partial charge in [0.2, 0.25) is 0 Å². The van der Waals surface area contributed by atoms with Crippen molar-refractivity contribution in [1.82, 2.24) is 29.4 Å². The molecule has 178 valence electrons. The monoisotopic (exact) mass is 466 g/mol. The minimum absolute atomic E-state index is 0.176. The molecule has 0 spiro atoms. The topological polar surface area (TPSA) is 98.3 Å². The van der Waals surface area contributed by atoms with Crippen molar-refractivity contribution in [3.05, 3.63) is 49.2 Å². The average Bonchev–Trinajstić information content (AvgIpc) is 3.44. The molecule has 4 heterocycles. The van der Waals surface area contributed by atoms with E-state index < -0.39 is 12.1 Å². The number of nitrogens with zero attached hydrogens (tertiary/aromatic N) is 6. The number of hydrogen-bond donors (Lipinski definition) is 1. The first kappa shape index (κ1) is 24.4. The smallest absolute Gasteiger partial charge is 0.475 e. The minimum atomic E-state index is -5.08. The third-order valence-corrected chi connectivity index (χ3v) is 4.97. The van der Waals surface area contributed by atoms with Gasteiger partial charge in [-0.1, -0.05) is 6.07 Å². The van der Waals surface area contributed by atoms with E-state index in [-0.39, 0.29) is 6.10 Å². The van der Waals surface area contributed by atoms with Gasteiger partial charge in [0.05, 0.1) is 31.6 Å². The highest BCUT2D eigenvalue weighted by Gasteiger charge is 2.38. The molecule has 1 N–H and O–H groups in total. The lowest BCUT2D eigenvalue weighted by molar-refractivity contribution is -0.192. The minimum Gasteiger partial charge on any atom is -0.475 e. The Morgan fingerprint density at radius 1 is 1.21 bits per heavy atom. The maximum atomic E-state index is 10.6. The van der Waals surface area contributed by atoms with Crippen molar-refractivity contribution in [2.45, 2.75) is 38.7 Å². The maximum Gasteiger partial charge on any atom is 0.490 e. The third kappa shape index (κ3) is 6.86. The van der Waals surface area contributed by atoms with Crippen molar-refractivity contribution in [2.75, 3.05) is 19.7 Å². The van der Waals surface area contributed by atoms with Crippen molar-refractivity contribution >= 4 is 5.97 Å². The molecule has 0 aliphatic carbocycles. The number of alkyl halides is 3. The summed E-state index contributed by atoms with van der Waals surface area (Å²) in [4.78, 5) is 15.7. The number of rotatable bonds is 5. The van der Waals surface area contributed by atoms with Gasteiger partial charge in [-0.2, -0.15) is 23.4 Å².